The number of rotatable bonds is 5. The molecule has 0 aliphatic rings. The lowest BCUT2D eigenvalue weighted by atomic mass is 10.1. The maximum atomic E-state index is 12.7. The number of methoxy groups -OCH3 is 1. The first-order valence-electron chi connectivity index (χ1n) is 8.12. The number of hydrogen-bond donors (Lipinski definition) is 1. The first kappa shape index (κ1) is 18.7. The van der Waals surface area contributed by atoms with E-state index in [2.05, 4.69) is 9.82 Å². The fourth-order valence-corrected chi connectivity index (χ4v) is 3.76. The zero-order chi connectivity index (χ0) is 19.6. The summed E-state index contributed by atoms with van der Waals surface area (Å²) in [6, 6.07) is 14.5. The van der Waals surface area contributed by atoms with Crippen molar-refractivity contribution in [2.24, 2.45) is 7.05 Å². The van der Waals surface area contributed by atoms with Crippen LogP contribution < -0.4 is 15.0 Å². The fraction of sp³-hybridized carbons (Fsp3) is 0.158. The zero-order valence-corrected chi connectivity index (χ0v) is 15.9. The van der Waals surface area contributed by atoms with E-state index in [9.17, 15) is 13.2 Å². The van der Waals surface area contributed by atoms with Crippen molar-refractivity contribution in [3.8, 4) is 17.0 Å². The molecule has 0 amide bonds. The minimum absolute atomic E-state index is 0.145. The van der Waals surface area contributed by atoms with Crippen molar-refractivity contribution < 1.29 is 13.2 Å². The van der Waals surface area contributed by atoms with Gasteiger partial charge in [0.2, 0.25) is 0 Å². The van der Waals surface area contributed by atoms with Gasteiger partial charge >= 0.3 is 0 Å². The molecule has 3 aromatic rings. The van der Waals surface area contributed by atoms with Crippen molar-refractivity contribution in [3.63, 3.8) is 0 Å². The van der Waals surface area contributed by atoms with Crippen molar-refractivity contribution in [2.75, 3.05) is 11.8 Å². The predicted molar refractivity (Wildman–Crippen MR) is 103 cm³/mol. The number of anilines is 1. The molecule has 0 unspecified atom stereocenters. The van der Waals surface area contributed by atoms with Gasteiger partial charge in [-0.15, -0.1) is 0 Å². The lowest BCUT2D eigenvalue weighted by Crippen LogP contribution is -2.18. The summed E-state index contributed by atoms with van der Waals surface area (Å²) >= 11 is 0. The van der Waals surface area contributed by atoms with Crippen molar-refractivity contribution in [2.45, 2.75) is 11.8 Å². The first-order valence-corrected chi connectivity index (χ1v) is 9.61. The lowest BCUT2D eigenvalue weighted by molar-refractivity contribution is 0.411. The van der Waals surface area contributed by atoms with Crippen molar-refractivity contribution in [1.29, 1.82) is 0 Å². The lowest BCUT2D eigenvalue weighted by Gasteiger charge is -2.11. The Morgan fingerprint density at radius 3 is 2.52 bits per heavy atom. The molecule has 0 spiro atoms. The second kappa shape index (κ2) is 7.24. The average Bonchev–Trinajstić information content (AvgIpc) is 2.63. The fourth-order valence-electron chi connectivity index (χ4n) is 2.63. The van der Waals surface area contributed by atoms with Crippen LogP contribution in [0, 0.1) is 6.92 Å². The molecule has 7 nitrogen and oxygen atoms in total. The van der Waals surface area contributed by atoms with E-state index in [4.69, 9.17) is 4.74 Å². The third-order valence-corrected chi connectivity index (χ3v) is 5.43. The Labute approximate surface area is 157 Å². The Bertz CT molecular complexity index is 1150. The molecule has 140 valence electrons. The smallest absolute Gasteiger partial charge is 0.266 e. The molecular formula is C19H19N3O4S. The van der Waals surface area contributed by atoms with Crippen molar-refractivity contribution in [3.05, 3.63) is 70.5 Å². The normalized spacial score (nSPS) is 11.2. The van der Waals surface area contributed by atoms with E-state index in [1.165, 1.54) is 23.9 Å². The van der Waals surface area contributed by atoms with Crippen LogP contribution in [0.5, 0.6) is 5.75 Å². The minimum atomic E-state index is -3.76. The number of nitrogens with one attached hydrogen (secondary N) is 1. The van der Waals surface area contributed by atoms with Crippen LogP contribution in [-0.4, -0.2) is 25.3 Å². The van der Waals surface area contributed by atoms with Gasteiger partial charge in [-0.3, -0.25) is 9.52 Å². The third kappa shape index (κ3) is 4.01. The zero-order valence-electron chi connectivity index (χ0n) is 15.1. The summed E-state index contributed by atoms with van der Waals surface area (Å²) in [6.07, 6.45) is 0. The Morgan fingerprint density at radius 2 is 1.85 bits per heavy atom. The number of nitrogens with zero attached hydrogens (tertiary/aromatic N) is 2. The van der Waals surface area contributed by atoms with Crippen LogP contribution in [-0.2, 0) is 17.1 Å². The van der Waals surface area contributed by atoms with E-state index < -0.39 is 10.0 Å². The molecule has 0 aliphatic carbocycles. The second-order valence-electron chi connectivity index (χ2n) is 6.00. The number of aromatic nitrogens is 2. The van der Waals surface area contributed by atoms with Gasteiger partial charge in [-0.25, -0.2) is 13.1 Å². The molecular weight excluding hydrogens is 366 g/mol. The number of sulfonamides is 1. The topological polar surface area (TPSA) is 90.3 Å². The van der Waals surface area contributed by atoms with Gasteiger partial charge in [0.05, 0.1) is 17.7 Å². The Hall–Kier alpha value is -3.13. The number of hydrogen-bond acceptors (Lipinski definition) is 5. The largest absolute Gasteiger partial charge is 0.496 e. The quantitative estimate of drug-likeness (QED) is 0.729. The molecule has 0 saturated carbocycles. The van der Waals surface area contributed by atoms with Crippen molar-refractivity contribution >= 4 is 15.7 Å². The number of ether oxygens (including phenoxy) is 1. The van der Waals surface area contributed by atoms with Crippen LogP contribution in [0.15, 0.2) is 64.3 Å². The van der Waals surface area contributed by atoms with Gasteiger partial charge in [-0.1, -0.05) is 12.1 Å². The van der Waals surface area contributed by atoms with Crippen LogP contribution in [0.1, 0.15) is 5.56 Å². The predicted octanol–water partition coefficient (Wildman–Crippen LogP) is 2.57. The van der Waals surface area contributed by atoms with Gasteiger partial charge in [0, 0.05) is 24.4 Å². The third-order valence-electron chi connectivity index (χ3n) is 4.05. The van der Waals surface area contributed by atoms with Gasteiger partial charge in [0.15, 0.2) is 0 Å². The van der Waals surface area contributed by atoms with E-state index >= 15 is 0 Å². The average molecular weight is 385 g/mol. The molecule has 0 aliphatic heterocycles. The highest BCUT2D eigenvalue weighted by Crippen LogP contribution is 2.25. The molecule has 2 aromatic carbocycles. The summed E-state index contributed by atoms with van der Waals surface area (Å²) in [5.74, 6) is 0.622. The SMILES string of the molecule is COc1ccc(S(=O)(=O)Nc2cccc(-c3ccc(=O)n(C)n3)c2)cc1C. The van der Waals surface area contributed by atoms with Gasteiger partial charge in [-0.2, -0.15) is 5.10 Å². The summed E-state index contributed by atoms with van der Waals surface area (Å²) in [4.78, 5) is 11.6. The maximum Gasteiger partial charge on any atom is 0.266 e. The minimum Gasteiger partial charge on any atom is -0.496 e. The molecule has 1 N–H and O–H groups in total. The second-order valence-corrected chi connectivity index (χ2v) is 7.68. The highest BCUT2D eigenvalue weighted by atomic mass is 32.2. The Kier molecular flexibility index (Phi) is 5.00. The molecule has 1 heterocycles. The van der Waals surface area contributed by atoms with Crippen LogP contribution in [0.4, 0.5) is 5.69 Å². The molecule has 8 heteroatoms. The van der Waals surface area contributed by atoms with E-state index in [0.717, 1.165) is 5.56 Å². The standard InChI is InChI=1S/C19H19N3O4S/c1-13-11-16(7-9-18(13)26-3)27(24,25)21-15-6-4-5-14(12-15)17-8-10-19(23)22(2)20-17/h4-12,21H,1-3H3. The first-order chi connectivity index (χ1) is 12.8. The number of benzene rings is 2. The summed E-state index contributed by atoms with van der Waals surface area (Å²) in [5, 5.41) is 4.18. The van der Waals surface area contributed by atoms with Gasteiger partial charge < -0.3 is 4.74 Å². The maximum absolute atomic E-state index is 12.7. The van der Waals surface area contributed by atoms with Gasteiger partial charge in [-0.05, 0) is 48.9 Å². The van der Waals surface area contributed by atoms with Crippen LogP contribution in [0.25, 0.3) is 11.3 Å². The monoisotopic (exact) mass is 385 g/mol. The van der Waals surface area contributed by atoms with Crippen LogP contribution >= 0.6 is 0 Å². The van der Waals surface area contributed by atoms with E-state index in [-0.39, 0.29) is 10.5 Å². The molecule has 0 fully saturated rings. The van der Waals surface area contributed by atoms with Crippen LogP contribution in [0.2, 0.25) is 0 Å². The van der Waals surface area contributed by atoms with Crippen molar-refractivity contribution in [1.82, 2.24) is 9.78 Å². The molecule has 0 radical (unpaired) electrons. The van der Waals surface area contributed by atoms with Crippen LogP contribution in [0.3, 0.4) is 0 Å². The summed E-state index contributed by atoms with van der Waals surface area (Å²) < 4.78 is 34.3. The molecule has 0 saturated heterocycles. The molecule has 0 atom stereocenters. The highest BCUT2D eigenvalue weighted by Gasteiger charge is 2.16. The summed E-state index contributed by atoms with van der Waals surface area (Å²) in [6.45, 7) is 1.78. The van der Waals surface area contributed by atoms with E-state index in [0.29, 0.717) is 22.7 Å². The van der Waals surface area contributed by atoms with E-state index in [1.54, 1.807) is 56.4 Å². The summed E-state index contributed by atoms with van der Waals surface area (Å²) in [7, 11) is -0.660. The molecule has 1 aromatic heterocycles. The van der Waals surface area contributed by atoms with E-state index in [1.807, 2.05) is 0 Å². The Morgan fingerprint density at radius 1 is 1.07 bits per heavy atom. The molecule has 3 rings (SSSR count). The van der Waals surface area contributed by atoms with Gasteiger partial charge in [0.25, 0.3) is 15.6 Å². The number of aryl methyl sites for hydroxylation is 2. The highest BCUT2D eigenvalue weighted by molar-refractivity contribution is 7.92. The summed E-state index contributed by atoms with van der Waals surface area (Å²) in [5.41, 5.74) is 2.17. The Balaban J connectivity index is 1.92. The molecule has 0 bridgehead atoms. The van der Waals surface area contributed by atoms with Gasteiger partial charge in [0.1, 0.15) is 5.75 Å². The molecule has 27 heavy (non-hydrogen) atoms.